The van der Waals surface area contributed by atoms with E-state index in [1.165, 1.54) is 0 Å². The van der Waals surface area contributed by atoms with Crippen molar-refractivity contribution >= 4 is 28.9 Å². The minimum atomic E-state index is 0.654. The highest BCUT2D eigenvalue weighted by Crippen LogP contribution is 2.25. The van der Waals surface area contributed by atoms with Gasteiger partial charge in [0.05, 0.1) is 10.7 Å². The molecule has 0 aliphatic heterocycles. The van der Waals surface area contributed by atoms with E-state index in [-0.39, 0.29) is 0 Å². The van der Waals surface area contributed by atoms with Crippen LogP contribution in [0.15, 0.2) is 18.2 Å². The van der Waals surface area contributed by atoms with Gasteiger partial charge in [0.15, 0.2) is 0 Å². The molecule has 0 aliphatic rings. The summed E-state index contributed by atoms with van der Waals surface area (Å²) < 4.78 is 0. The Morgan fingerprint density at radius 2 is 2.07 bits per heavy atom. The van der Waals surface area contributed by atoms with Crippen LogP contribution in [0, 0.1) is 5.92 Å². The van der Waals surface area contributed by atoms with E-state index in [0.29, 0.717) is 16.0 Å². The predicted molar refractivity (Wildman–Crippen MR) is 64.4 cm³/mol. The molecule has 0 saturated carbocycles. The molecule has 0 radical (unpaired) electrons. The number of halogens is 2. The van der Waals surface area contributed by atoms with E-state index in [2.05, 4.69) is 19.2 Å². The lowest BCUT2D eigenvalue weighted by molar-refractivity contribution is 0.593. The maximum Gasteiger partial charge on any atom is 0.0652 e. The van der Waals surface area contributed by atoms with Gasteiger partial charge in [-0.2, -0.15) is 0 Å². The molecule has 0 amide bonds. The van der Waals surface area contributed by atoms with Gasteiger partial charge in [0, 0.05) is 11.6 Å². The van der Waals surface area contributed by atoms with Gasteiger partial charge < -0.3 is 5.32 Å². The fourth-order valence-corrected chi connectivity index (χ4v) is 1.54. The summed E-state index contributed by atoms with van der Waals surface area (Å²) in [4.78, 5) is 0. The van der Waals surface area contributed by atoms with Gasteiger partial charge >= 0.3 is 0 Å². The largest absolute Gasteiger partial charge is 0.384 e. The van der Waals surface area contributed by atoms with E-state index in [0.717, 1.165) is 18.7 Å². The molecule has 3 heteroatoms. The lowest BCUT2D eigenvalue weighted by atomic mass is 10.1. The van der Waals surface area contributed by atoms with Gasteiger partial charge in [-0.3, -0.25) is 0 Å². The van der Waals surface area contributed by atoms with E-state index in [1.807, 2.05) is 12.1 Å². The second-order valence-corrected chi connectivity index (χ2v) is 4.36. The average molecular weight is 232 g/mol. The Morgan fingerprint density at radius 3 is 2.64 bits per heavy atom. The van der Waals surface area contributed by atoms with Crippen molar-refractivity contribution in [2.24, 2.45) is 5.92 Å². The summed E-state index contributed by atoms with van der Waals surface area (Å²) in [7, 11) is 0. The molecule has 1 N–H and O–H groups in total. The van der Waals surface area contributed by atoms with Crippen LogP contribution in [-0.4, -0.2) is 6.54 Å². The highest BCUT2D eigenvalue weighted by molar-refractivity contribution is 6.36. The molecule has 0 aromatic heterocycles. The standard InChI is InChI=1S/C11H15Cl2N/c1-3-8(2)7-14-11-5-4-9(12)6-10(11)13/h4-6,8,14H,3,7H2,1-2H3. The SMILES string of the molecule is CCC(C)CNc1ccc(Cl)cc1Cl. The first-order valence-corrected chi connectivity index (χ1v) is 5.58. The van der Waals surface area contributed by atoms with Gasteiger partial charge in [-0.1, -0.05) is 43.5 Å². The van der Waals surface area contributed by atoms with Crippen molar-refractivity contribution in [1.29, 1.82) is 0 Å². The number of benzene rings is 1. The first kappa shape index (κ1) is 11.7. The number of anilines is 1. The molecular formula is C11H15Cl2N. The topological polar surface area (TPSA) is 12.0 Å². The van der Waals surface area contributed by atoms with E-state index in [1.54, 1.807) is 6.07 Å². The quantitative estimate of drug-likeness (QED) is 0.808. The zero-order valence-corrected chi connectivity index (χ0v) is 9.99. The van der Waals surface area contributed by atoms with Crippen LogP contribution in [0.3, 0.4) is 0 Å². The lowest BCUT2D eigenvalue weighted by Crippen LogP contribution is -2.10. The second kappa shape index (κ2) is 5.47. The van der Waals surface area contributed by atoms with E-state index in [4.69, 9.17) is 23.2 Å². The molecule has 1 atom stereocenters. The number of rotatable bonds is 4. The Hall–Kier alpha value is -0.400. The van der Waals surface area contributed by atoms with Crippen LogP contribution in [0.2, 0.25) is 10.0 Å². The molecule has 78 valence electrons. The monoisotopic (exact) mass is 231 g/mol. The van der Waals surface area contributed by atoms with Gasteiger partial charge in [0.25, 0.3) is 0 Å². The molecule has 0 saturated heterocycles. The number of hydrogen-bond donors (Lipinski definition) is 1. The maximum absolute atomic E-state index is 6.01. The Morgan fingerprint density at radius 1 is 1.36 bits per heavy atom. The highest BCUT2D eigenvalue weighted by Gasteiger charge is 2.02. The minimum Gasteiger partial charge on any atom is -0.384 e. The van der Waals surface area contributed by atoms with Gasteiger partial charge in [0.2, 0.25) is 0 Å². The Balaban J connectivity index is 2.59. The molecule has 0 heterocycles. The third-order valence-electron chi connectivity index (χ3n) is 2.27. The van der Waals surface area contributed by atoms with E-state index >= 15 is 0 Å². The third kappa shape index (κ3) is 3.39. The smallest absolute Gasteiger partial charge is 0.0652 e. The zero-order chi connectivity index (χ0) is 10.6. The summed E-state index contributed by atoms with van der Waals surface area (Å²) >= 11 is 11.8. The molecule has 0 spiro atoms. The summed E-state index contributed by atoms with van der Waals surface area (Å²) in [5, 5.41) is 4.65. The first-order valence-electron chi connectivity index (χ1n) is 4.82. The van der Waals surface area contributed by atoms with Crippen LogP contribution in [0.25, 0.3) is 0 Å². The maximum atomic E-state index is 6.01. The molecular weight excluding hydrogens is 217 g/mol. The van der Waals surface area contributed by atoms with Gasteiger partial charge in [-0.05, 0) is 24.1 Å². The summed E-state index contributed by atoms with van der Waals surface area (Å²) in [6, 6.07) is 5.50. The lowest BCUT2D eigenvalue weighted by Gasteiger charge is -2.12. The molecule has 1 nitrogen and oxygen atoms in total. The fraction of sp³-hybridized carbons (Fsp3) is 0.455. The zero-order valence-electron chi connectivity index (χ0n) is 8.48. The third-order valence-corrected chi connectivity index (χ3v) is 2.82. The molecule has 1 unspecified atom stereocenters. The van der Waals surface area contributed by atoms with Crippen molar-refractivity contribution in [3.63, 3.8) is 0 Å². The molecule has 0 fully saturated rings. The Labute approximate surface area is 95.4 Å². The fourth-order valence-electron chi connectivity index (χ4n) is 1.06. The van der Waals surface area contributed by atoms with Crippen LogP contribution in [0.5, 0.6) is 0 Å². The van der Waals surface area contributed by atoms with E-state index in [9.17, 15) is 0 Å². The van der Waals surface area contributed by atoms with E-state index < -0.39 is 0 Å². The molecule has 0 aliphatic carbocycles. The highest BCUT2D eigenvalue weighted by atomic mass is 35.5. The van der Waals surface area contributed by atoms with Crippen molar-refractivity contribution in [2.75, 3.05) is 11.9 Å². The van der Waals surface area contributed by atoms with Crippen molar-refractivity contribution in [3.05, 3.63) is 28.2 Å². The predicted octanol–water partition coefficient (Wildman–Crippen LogP) is 4.45. The molecule has 1 aromatic rings. The van der Waals surface area contributed by atoms with Crippen LogP contribution >= 0.6 is 23.2 Å². The average Bonchev–Trinajstić information content (AvgIpc) is 2.16. The second-order valence-electron chi connectivity index (χ2n) is 3.52. The van der Waals surface area contributed by atoms with Crippen LogP contribution in [0.4, 0.5) is 5.69 Å². The number of nitrogens with one attached hydrogen (secondary N) is 1. The molecule has 1 rings (SSSR count). The van der Waals surface area contributed by atoms with Crippen LogP contribution in [0.1, 0.15) is 20.3 Å². The molecule has 1 aromatic carbocycles. The Bertz CT molecular complexity index is 299. The summed E-state index contributed by atoms with van der Waals surface area (Å²) in [5.41, 5.74) is 0.955. The summed E-state index contributed by atoms with van der Waals surface area (Å²) in [5.74, 6) is 0.654. The van der Waals surface area contributed by atoms with Gasteiger partial charge in [0.1, 0.15) is 0 Å². The normalized spacial score (nSPS) is 12.6. The molecule has 0 bridgehead atoms. The van der Waals surface area contributed by atoms with Gasteiger partial charge in [-0.15, -0.1) is 0 Å². The van der Waals surface area contributed by atoms with Crippen LogP contribution < -0.4 is 5.32 Å². The summed E-state index contributed by atoms with van der Waals surface area (Å²) in [6.45, 7) is 5.32. The Kier molecular flexibility index (Phi) is 4.56. The van der Waals surface area contributed by atoms with Crippen molar-refractivity contribution in [2.45, 2.75) is 20.3 Å². The van der Waals surface area contributed by atoms with Crippen molar-refractivity contribution in [1.82, 2.24) is 0 Å². The van der Waals surface area contributed by atoms with Gasteiger partial charge in [-0.25, -0.2) is 0 Å². The minimum absolute atomic E-state index is 0.654. The summed E-state index contributed by atoms with van der Waals surface area (Å²) in [6.07, 6.45) is 1.16. The van der Waals surface area contributed by atoms with Crippen LogP contribution in [-0.2, 0) is 0 Å². The first-order chi connectivity index (χ1) is 6.63. The van der Waals surface area contributed by atoms with Crippen molar-refractivity contribution in [3.8, 4) is 0 Å². The van der Waals surface area contributed by atoms with Crippen molar-refractivity contribution < 1.29 is 0 Å². The number of hydrogen-bond acceptors (Lipinski definition) is 1. The molecule has 14 heavy (non-hydrogen) atoms.